The number of rotatable bonds is 3. The molecule has 0 aliphatic heterocycles. The Balaban J connectivity index is 2.03. The van der Waals surface area contributed by atoms with Crippen LogP contribution in [0.3, 0.4) is 0 Å². The zero-order valence-corrected chi connectivity index (χ0v) is 9.79. The van der Waals surface area contributed by atoms with E-state index in [2.05, 4.69) is 4.84 Å². The summed E-state index contributed by atoms with van der Waals surface area (Å²) in [6, 6.07) is 6.91. The maximum absolute atomic E-state index is 11.4. The summed E-state index contributed by atoms with van der Waals surface area (Å²) in [4.78, 5) is 25.7. The summed E-state index contributed by atoms with van der Waals surface area (Å²) >= 11 is 0. The van der Waals surface area contributed by atoms with Crippen LogP contribution in [0.5, 0.6) is 17.5 Å². The van der Waals surface area contributed by atoms with E-state index in [1.54, 1.807) is 0 Å². The number of benzene rings is 1. The van der Waals surface area contributed by atoms with E-state index in [-0.39, 0.29) is 11.4 Å². The number of nitrogens with zero attached hydrogens (tertiary/aromatic N) is 2. The number of carbonyl (C=O) groups excluding carboxylic acids is 1. The van der Waals surface area contributed by atoms with Gasteiger partial charge >= 0.3 is 6.16 Å². The van der Waals surface area contributed by atoms with Crippen LogP contribution in [0, 0.1) is 10.1 Å². The number of carbonyl (C=O) groups is 1. The van der Waals surface area contributed by atoms with Gasteiger partial charge in [0, 0.05) is 24.3 Å². The van der Waals surface area contributed by atoms with Crippen LogP contribution in [-0.4, -0.2) is 26.0 Å². The van der Waals surface area contributed by atoms with E-state index >= 15 is 0 Å². The van der Waals surface area contributed by atoms with Crippen LogP contribution < -0.4 is 9.57 Å². The zero-order chi connectivity index (χ0) is 14.7. The molecule has 104 valence electrons. The summed E-state index contributed by atoms with van der Waals surface area (Å²) < 4.78 is 5.16. The molecule has 0 fully saturated rings. The van der Waals surface area contributed by atoms with Crippen molar-refractivity contribution in [2.75, 3.05) is 0 Å². The van der Waals surface area contributed by atoms with E-state index in [1.165, 1.54) is 12.1 Å². The van der Waals surface area contributed by atoms with E-state index in [0.29, 0.717) is 4.73 Å². The van der Waals surface area contributed by atoms with Gasteiger partial charge in [-0.2, -0.15) is 0 Å². The molecule has 0 aliphatic rings. The van der Waals surface area contributed by atoms with Gasteiger partial charge in [0.1, 0.15) is 5.75 Å². The van der Waals surface area contributed by atoms with Crippen molar-refractivity contribution in [3.63, 3.8) is 0 Å². The Morgan fingerprint density at radius 2 is 1.65 bits per heavy atom. The Morgan fingerprint density at radius 1 is 1.10 bits per heavy atom. The van der Waals surface area contributed by atoms with Crippen LogP contribution in [0.25, 0.3) is 0 Å². The number of non-ortho nitro benzene ring substituents is 1. The lowest BCUT2D eigenvalue weighted by Gasteiger charge is -2.07. The predicted molar refractivity (Wildman–Crippen MR) is 63.5 cm³/mol. The standard InChI is InChI=1S/C11H8N2O7/c14-9-5-6-10(15)12(9)20-11(16)19-8-3-1-7(2-4-8)13(17)18/h1-6,14-15H. The molecule has 0 saturated carbocycles. The van der Waals surface area contributed by atoms with Crippen LogP contribution >= 0.6 is 0 Å². The molecule has 0 bridgehead atoms. The van der Waals surface area contributed by atoms with Crippen LogP contribution in [-0.2, 0) is 0 Å². The molecule has 1 heterocycles. The van der Waals surface area contributed by atoms with Gasteiger partial charge in [-0.1, -0.05) is 0 Å². The van der Waals surface area contributed by atoms with Crippen molar-refractivity contribution in [2.24, 2.45) is 0 Å². The van der Waals surface area contributed by atoms with Crippen LogP contribution in [0.15, 0.2) is 36.4 Å². The summed E-state index contributed by atoms with van der Waals surface area (Å²) in [6.07, 6.45) is -1.24. The Bertz CT molecular complexity index is 628. The zero-order valence-electron chi connectivity index (χ0n) is 9.79. The molecule has 0 aliphatic carbocycles. The summed E-state index contributed by atoms with van der Waals surface area (Å²) in [6.45, 7) is 0. The largest absolute Gasteiger partial charge is 0.539 e. The van der Waals surface area contributed by atoms with Crippen molar-refractivity contribution in [2.45, 2.75) is 0 Å². The highest BCUT2D eigenvalue weighted by atomic mass is 16.8. The molecule has 1 aromatic heterocycles. The fraction of sp³-hybridized carbons (Fsp3) is 0. The highest BCUT2D eigenvalue weighted by Crippen LogP contribution is 2.20. The topological polar surface area (TPSA) is 124 Å². The molecule has 0 radical (unpaired) electrons. The first-order chi connectivity index (χ1) is 9.47. The first-order valence-electron chi connectivity index (χ1n) is 5.21. The summed E-state index contributed by atoms with van der Waals surface area (Å²) in [5, 5.41) is 28.9. The second kappa shape index (κ2) is 5.18. The van der Waals surface area contributed by atoms with Gasteiger partial charge in [-0.05, 0) is 12.1 Å². The Hall–Kier alpha value is -3.23. The average molecular weight is 280 g/mol. The van der Waals surface area contributed by atoms with Gasteiger partial charge in [0.2, 0.25) is 11.8 Å². The van der Waals surface area contributed by atoms with E-state index in [0.717, 1.165) is 24.3 Å². The number of ether oxygens (including phenoxy) is 1. The minimum Gasteiger partial charge on any atom is -0.492 e. The molecule has 9 nitrogen and oxygen atoms in total. The van der Waals surface area contributed by atoms with Gasteiger partial charge in [-0.15, -0.1) is 4.73 Å². The maximum atomic E-state index is 11.4. The number of hydrogen-bond acceptors (Lipinski definition) is 7. The quantitative estimate of drug-likeness (QED) is 0.377. The third-order valence-corrected chi connectivity index (χ3v) is 2.21. The lowest BCUT2D eigenvalue weighted by molar-refractivity contribution is -0.384. The fourth-order valence-corrected chi connectivity index (χ4v) is 1.32. The second-order valence-corrected chi connectivity index (χ2v) is 3.54. The van der Waals surface area contributed by atoms with E-state index < -0.39 is 22.8 Å². The van der Waals surface area contributed by atoms with Gasteiger partial charge < -0.3 is 14.9 Å². The van der Waals surface area contributed by atoms with Crippen molar-refractivity contribution >= 4 is 11.8 Å². The minimum absolute atomic E-state index is 0.00624. The molecule has 0 atom stereocenters. The molecular weight excluding hydrogens is 272 g/mol. The SMILES string of the molecule is O=C(Oc1ccc([N+](=O)[O-])cc1)On1c(O)ccc1O. The van der Waals surface area contributed by atoms with Gasteiger partial charge in [0.15, 0.2) is 0 Å². The molecule has 2 aromatic rings. The lowest BCUT2D eigenvalue weighted by Crippen LogP contribution is -2.22. The molecule has 0 saturated heterocycles. The molecule has 0 unspecified atom stereocenters. The molecule has 1 aromatic carbocycles. The number of aromatic hydroxyl groups is 2. The Morgan fingerprint density at radius 3 is 2.15 bits per heavy atom. The van der Waals surface area contributed by atoms with Crippen molar-refractivity contribution in [3.05, 3.63) is 46.5 Å². The highest BCUT2D eigenvalue weighted by molar-refractivity contribution is 5.64. The number of nitro benzene ring substituents is 1. The first-order valence-corrected chi connectivity index (χ1v) is 5.21. The lowest BCUT2D eigenvalue weighted by atomic mass is 10.3. The average Bonchev–Trinajstić information content (AvgIpc) is 2.71. The summed E-state index contributed by atoms with van der Waals surface area (Å²) in [5.74, 6) is -0.988. The first kappa shape index (κ1) is 13.2. The molecule has 0 amide bonds. The van der Waals surface area contributed by atoms with Crippen molar-refractivity contribution in [1.29, 1.82) is 0 Å². The fourth-order valence-electron chi connectivity index (χ4n) is 1.32. The molecule has 2 N–H and O–H groups in total. The second-order valence-electron chi connectivity index (χ2n) is 3.54. The number of hydrogen-bond donors (Lipinski definition) is 2. The van der Waals surface area contributed by atoms with Crippen LogP contribution in [0.2, 0.25) is 0 Å². The third-order valence-electron chi connectivity index (χ3n) is 2.21. The van der Waals surface area contributed by atoms with Gasteiger partial charge in [0.25, 0.3) is 5.69 Å². The number of aromatic nitrogens is 1. The Labute approximate surface area is 111 Å². The number of nitro groups is 1. The van der Waals surface area contributed by atoms with Crippen molar-refractivity contribution in [1.82, 2.24) is 4.73 Å². The monoisotopic (exact) mass is 280 g/mol. The summed E-state index contributed by atoms with van der Waals surface area (Å²) in [7, 11) is 0. The van der Waals surface area contributed by atoms with E-state index in [4.69, 9.17) is 4.74 Å². The van der Waals surface area contributed by atoms with Crippen molar-refractivity contribution in [3.8, 4) is 17.5 Å². The maximum Gasteiger partial charge on any atom is 0.539 e. The van der Waals surface area contributed by atoms with E-state index in [1.807, 2.05) is 0 Å². The molecule has 9 heteroatoms. The molecule has 0 spiro atoms. The molecule has 20 heavy (non-hydrogen) atoms. The van der Waals surface area contributed by atoms with Gasteiger partial charge in [-0.3, -0.25) is 15.0 Å². The Kier molecular flexibility index (Phi) is 3.42. The van der Waals surface area contributed by atoms with Crippen LogP contribution in [0.4, 0.5) is 10.5 Å². The van der Waals surface area contributed by atoms with Crippen LogP contribution in [0.1, 0.15) is 0 Å². The summed E-state index contributed by atoms with van der Waals surface area (Å²) in [5.41, 5.74) is -0.161. The third kappa shape index (κ3) is 2.77. The van der Waals surface area contributed by atoms with Crippen molar-refractivity contribution < 1.29 is 29.5 Å². The van der Waals surface area contributed by atoms with Gasteiger partial charge in [0.05, 0.1) is 4.92 Å². The molecular formula is C11H8N2O7. The van der Waals surface area contributed by atoms with Gasteiger partial charge in [-0.25, -0.2) is 4.79 Å². The highest BCUT2D eigenvalue weighted by Gasteiger charge is 2.14. The minimum atomic E-state index is -1.24. The molecule has 2 rings (SSSR count). The smallest absolute Gasteiger partial charge is 0.492 e. The van der Waals surface area contributed by atoms with E-state index in [9.17, 15) is 25.1 Å². The predicted octanol–water partition coefficient (Wildman–Crippen LogP) is 1.44. The normalized spacial score (nSPS) is 10.0.